The number of allylic oxidation sites excluding steroid dienone is 1. The molecule has 0 fully saturated rings. The standard InChI is InChI=1S/C17H14N4O2/c1-2-10-20-16-9-4-3-8-15(16)19-17(20)18-12-13-6-5-7-14(11-13)21(22)23/h2-9,11-12H,1,10H2. The Morgan fingerprint density at radius 2 is 2.09 bits per heavy atom. The van der Waals surface area contributed by atoms with E-state index in [1.165, 1.54) is 12.1 Å². The second-order valence-corrected chi connectivity index (χ2v) is 4.91. The summed E-state index contributed by atoms with van der Waals surface area (Å²) >= 11 is 0. The predicted octanol–water partition coefficient (Wildman–Crippen LogP) is 3.88. The van der Waals surface area contributed by atoms with Gasteiger partial charge in [0.25, 0.3) is 5.69 Å². The van der Waals surface area contributed by atoms with Crippen molar-refractivity contribution in [2.24, 2.45) is 4.99 Å². The third kappa shape index (κ3) is 3.01. The highest BCUT2D eigenvalue weighted by atomic mass is 16.6. The first-order valence-corrected chi connectivity index (χ1v) is 7.04. The van der Waals surface area contributed by atoms with Gasteiger partial charge in [-0.25, -0.2) is 9.98 Å². The van der Waals surface area contributed by atoms with Crippen LogP contribution in [0.5, 0.6) is 0 Å². The Morgan fingerprint density at radius 1 is 1.26 bits per heavy atom. The third-order valence-corrected chi connectivity index (χ3v) is 3.36. The van der Waals surface area contributed by atoms with Crippen LogP contribution >= 0.6 is 0 Å². The molecule has 0 spiro atoms. The smallest absolute Gasteiger partial charge is 0.270 e. The Bertz CT molecular complexity index is 912. The number of fused-ring (bicyclic) bond motifs is 1. The van der Waals surface area contributed by atoms with Crippen molar-refractivity contribution < 1.29 is 4.92 Å². The molecule has 6 nitrogen and oxygen atoms in total. The molecule has 114 valence electrons. The zero-order chi connectivity index (χ0) is 16.2. The average molecular weight is 306 g/mol. The Hall–Kier alpha value is -3.28. The van der Waals surface area contributed by atoms with Crippen molar-refractivity contribution in [3.63, 3.8) is 0 Å². The maximum absolute atomic E-state index is 10.8. The predicted molar refractivity (Wildman–Crippen MR) is 90.3 cm³/mol. The summed E-state index contributed by atoms with van der Waals surface area (Å²) in [7, 11) is 0. The first-order chi connectivity index (χ1) is 11.2. The van der Waals surface area contributed by atoms with E-state index in [-0.39, 0.29) is 5.69 Å². The summed E-state index contributed by atoms with van der Waals surface area (Å²) < 4.78 is 1.94. The molecular formula is C17H14N4O2. The van der Waals surface area contributed by atoms with Crippen LogP contribution in [0.2, 0.25) is 0 Å². The fourth-order valence-electron chi connectivity index (χ4n) is 2.32. The molecule has 0 saturated carbocycles. The number of aromatic nitrogens is 2. The van der Waals surface area contributed by atoms with Crippen molar-refractivity contribution in [3.05, 3.63) is 76.9 Å². The number of rotatable bonds is 5. The molecule has 0 amide bonds. The van der Waals surface area contributed by atoms with Crippen LogP contribution in [-0.2, 0) is 6.54 Å². The van der Waals surface area contributed by atoms with Crippen LogP contribution in [0.15, 0.2) is 66.2 Å². The van der Waals surface area contributed by atoms with Gasteiger partial charge in [0.2, 0.25) is 5.95 Å². The van der Waals surface area contributed by atoms with E-state index in [0.29, 0.717) is 18.1 Å². The highest BCUT2D eigenvalue weighted by Crippen LogP contribution is 2.22. The minimum atomic E-state index is -0.426. The van der Waals surface area contributed by atoms with Crippen molar-refractivity contribution in [1.82, 2.24) is 9.55 Å². The molecule has 0 N–H and O–H groups in total. The van der Waals surface area contributed by atoms with Crippen molar-refractivity contribution in [2.45, 2.75) is 6.54 Å². The van der Waals surface area contributed by atoms with Crippen molar-refractivity contribution in [1.29, 1.82) is 0 Å². The van der Waals surface area contributed by atoms with E-state index in [1.807, 2.05) is 28.8 Å². The van der Waals surface area contributed by atoms with Crippen LogP contribution in [0.1, 0.15) is 5.56 Å². The topological polar surface area (TPSA) is 73.3 Å². The Balaban J connectivity index is 2.00. The summed E-state index contributed by atoms with van der Waals surface area (Å²) in [6, 6.07) is 14.1. The SMILES string of the molecule is C=CCn1c(N=Cc2cccc([N+](=O)[O-])c2)nc2ccccc21. The second kappa shape index (κ2) is 6.23. The minimum Gasteiger partial charge on any atom is -0.305 e. The van der Waals surface area contributed by atoms with Gasteiger partial charge < -0.3 is 4.57 Å². The number of imidazole rings is 1. The minimum absolute atomic E-state index is 0.0357. The Kier molecular flexibility index (Phi) is 3.97. The maximum atomic E-state index is 10.8. The van der Waals surface area contributed by atoms with Gasteiger partial charge >= 0.3 is 0 Å². The molecule has 0 aliphatic heterocycles. The zero-order valence-electron chi connectivity index (χ0n) is 12.3. The van der Waals surface area contributed by atoms with Crippen LogP contribution in [0, 0.1) is 10.1 Å². The van der Waals surface area contributed by atoms with Crippen LogP contribution in [0.25, 0.3) is 11.0 Å². The molecule has 0 atom stereocenters. The van der Waals surface area contributed by atoms with Crippen LogP contribution < -0.4 is 0 Å². The summed E-state index contributed by atoms with van der Waals surface area (Å²) in [5, 5.41) is 10.8. The number of nitrogens with zero attached hydrogens (tertiary/aromatic N) is 4. The largest absolute Gasteiger partial charge is 0.305 e. The number of benzene rings is 2. The fraction of sp³-hybridized carbons (Fsp3) is 0.0588. The number of para-hydroxylation sites is 2. The molecule has 1 aromatic heterocycles. The molecule has 0 bridgehead atoms. The molecule has 23 heavy (non-hydrogen) atoms. The summed E-state index contributed by atoms with van der Waals surface area (Å²) in [4.78, 5) is 19.3. The van der Waals surface area contributed by atoms with Gasteiger partial charge in [0.1, 0.15) is 0 Å². The third-order valence-electron chi connectivity index (χ3n) is 3.36. The van der Waals surface area contributed by atoms with Gasteiger partial charge in [-0.1, -0.05) is 30.3 Å². The van der Waals surface area contributed by atoms with Crippen molar-refractivity contribution >= 4 is 28.9 Å². The Labute approximate surface area is 132 Å². The molecule has 3 aromatic rings. The fourth-order valence-corrected chi connectivity index (χ4v) is 2.32. The van der Waals surface area contributed by atoms with Gasteiger partial charge in [0.05, 0.1) is 16.0 Å². The second-order valence-electron chi connectivity index (χ2n) is 4.91. The molecule has 0 saturated heterocycles. The van der Waals surface area contributed by atoms with E-state index in [2.05, 4.69) is 16.6 Å². The molecule has 0 radical (unpaired) electrons. The van der Waals surface area contributed by atoms with Gasteiger partial charge in [-0.3, -0.25) is 10.1 Å². The van der Waals surface area contributed by atoms with Gasteiger partial charge in [-0.05, 0) is 17.7 Å². The number of aliphatic imine (C=N–C) groups is 1. The summed E-state index contributed by atoms with van der Waals surface area (Å²) in [6.45, 7) is 4.34. The summed E-state index contributed by atoms with van der Waals surface area (Å²) in [6.07, 6.45) is 3.36. The van der Waals surface area contributed by atoms with Crippen LogP contribution in [-0.4, -0.2) is 20.7 Å². The normalized spacial score (nSPS) is 11.1. The van der Waals surface area contributed by atoms with E-state index in [0.717, 1.165) is 11.0 Å². The van der Waals surface area contributed by atoms with Gasteiger partial charge in [0.15, 0.2) is 0 Å². The van der Waals surface area contributed by atoms with Crippen molar-refractivity contribution in [3.8, 4) is 0 Å². The molecular weight excluding hydrogens is 292 g/mol. The highest BCUT2D eigenvalue weighted by molar-refractivity contribution is 5.84. The van der Waals surface area contributed by atoms with Crippen molar-refractivity contribution in [2.75, 3.05) is 0 Å². The molecule has 0 aliphatic rings. The molecule has 6 heteroatoms. The lowest BCUT2D eigenvalue weighted by atomic mass is 10.2. The van der Waals surface area contributed by atoms with Crippen LogP contribution in [0.3, 0.4) is 0 Å². The molecule has 3 rings (SSSR count). The molecule has 0 aliphatic carbocycles. The lowest BCUT2D eigenvalue weighted by Gasteiger charge is -2.01. The quantitative estimate of drug-likeness (QED) is 0.311. The lowest BCUT2D eigenvalue weighted by molar-refractivity contribution is -0.384. The zero-order valence-corrected chi connectivity index (χ0v) is 12.3. The van der Waals surface area contributed by atoms with E-state index in [9.17, 15) is 10.1 Å². The van der Waals surface area contributed by atoms with Gasteiger partial charge in [0, 0.05) is 24.9 Å². The first kappa shape index (κ1) is 14.6. The van der Waals surface area contributed by atoms with Gasteiger partial charge in [-0.2, -0.15) is 0 Å². The monoisotopic (exact) mass is 306 g/mol. The maximum Gasteiger partial charge on any atom is 0.270 e. The molecule has 1 heterocycles. The summed E-state index contributed by atoms with van der Waals surface area (Å²) in [5.41, 5.74) is 2.50. The highest BCUT2D eigenvalue weighted by Gasteiger charge is 2.08. The van der Waals surface area contributed by atoms with E-state index >= 15 is 0 Å². The number of hydrogen-bond acceptors (Lipinski definition) is 4. The number of nitro groups is 1. The molecule has 0 unspecified atom stereocenters. The average Bonchev–Trinajstić information content (AvgIpc) is 2.92. The van der Waals surface area contributed by atoms with Crippen LogP contribution in [0.4, 0.5) is 11.6 Å². The van der Waals surface area contributed by atoms with E-state index < -0.39 is 4.92 Å². The first-order valence-electron chi connectivity index (χ1n) is 7.04. The summed E-state index contributed by atoms with van der Waals surface area (Å²) in [5.74, 6) is 0.539. The van der Waals surface area contributed by atoms with E-state index in [1.54, 1.807) is 24.4 Å². The van der Waals surface area contributed by atoms with E-state index in [4.69, 9.17) is 0 Å². The number of nitro benzene ring substituents is 1. The Morgan fingerprint density at radius 3 is 2.87 bits per heavy atom. The van der Waals surface area contributed by atoms with Gasteiger partial charge in [-0.15, -0.1) is 6.58 Å². The molecule has 2 aromatic carbocycles. The lowest BCUT2D eigenvalue weighted by Crippen LogP contribution is -1.94. The number of hydrogen-bond donors (Lipinski definition) is 0. The number of non-ortho nitro benzene ring substituents is 1.